The van der Waals surface area contributed by atoms with E-state index in [1.165, 1.54) is 14.2 Å². The van der Waals surface area contributed by atoms with E-state index < -0.39 is 11.9 Å². The van der Waals surface area contributed by atoms with Gasteiger partial charge in [-0.1, -0.05) is 31.9 Å². The Hall–Kier alpha value is -2.58. The van der Waals surface area contributed by atoms with Crippen LogP contribution in [0.5, 0.6) is 0 Å². The standard InChI is InChI=1S/C20H14Br2N2O4/c1-27-19(25)13-3-9(21)5-15-11(13)7-17(23-15)18-8-12-14(20(26)28-2)4-10(22)6-16(12)24-18/h3-8,23-24H,1-2H3. The van der Waals surface area contributed by atoms with Crippen molar-refractivity contribution in [2.75, 3.05) is 14.2 Å². The fraction of sp³-hybridized carbons (Fsp3) is 0.100. The van der Waals surface area contributed by atoms with Crippen LogP contribution >= 0.6 is 31.9 Å². The zero-order valence-electron chi connectivity index (χ0n) is 14.9. The second kappa shape index (κ2) is 7.10. The molecule has 0 saturated heterocycles. The van der Waals surface area contributed by atoms with Crippen LogP contribution in [-0.4, -0.2) is 36.1 Å². The Morgan fingerprint density at radius 1 is 0.714 bits per heavy atom. The van der Waals surface area contributed by atoms with Crippen molar-refractivity contribution in [1.29, 1.82) is 0 Å². The van der Waals surface area contributed by atoms with Crippen LogP contribution in [0, 0.1) is 0 Å². The Morgan fingerprint density at radius 2 is 1.11 bits per heavy atom. The zero-order chi connectivity index (χ0) is 20.0. The van der Waals surface area contributed by atoms with E-state index in [1.807, 2.05) is 24.3 Å². The van der Waals surface area contributed by atoms with Crippen molar-refractivity contribution in [2.45, 2.75) is 0 Å². The number of aromatic nitrogens is 2. The first-order chi connectivity index (χ1) is 13.4. The van der Waals surface area contributed by atoms with Crippen molar-refractivity contribution >= 4 is 65.6 Å². The van der Waals surface area contributed by atoms with Gasteiger partial charge < -0.3 is 19.4 Å². The summed E-state index contributed by atoms with van der Waals surface area (Å²) in [5, 5.41) is 1.50. The Labute approximate surface area is 176 Å². The smallest absolute Gasteiger partial charge is 0.338 e. The third-order valence-electron chi connectivity index (χ3n) is 4.51. The van der Waals surface area contributed by atoms with Gasteiger partial charge in [0.25, 0.3) is 0 Å². The molecule has 0 atom stereocenters. The van der Waals surface area contributed by atoms with Gasteiger partial charge in [0.05, 0.1) is 36.7 Å². The number of carbonyl (C=O) groups excluding carboxylic acids is 2. The molecule has 2 N–H and O–H groups in total. The van der Waals surface area contributed by atoms with E-state index in [2.05, 4.69) is 41.8 Å². The van der Waals surface area contributed by atoms with Gasteiger partial charge >= 0.3 is 11.9 Å². The maximum Gasteiger partial charge on any atom is 0.338 e. The molecule has 4 aromatic rings. The fourth-order valence-corrected chi connectivity index (χ4v) is 4.17. The van der Waals surface area contributed by atoms with Crippen molar-refractivity contribution in [2.24, 2.45) is 0 Å². The number of rotatable bonds is 3. The quantitative estimate of drug-likeness (QED) is 0.364. The Bertz CT molecular complexity index is 1160. The van der Waals surface area contributed by atoms with Gasteiger partial charge in [0.1, 0.15) is 0 Å². The molecule has 0 unspecified atom stereocenters. The maximum atomic E-state index is 12.1. The summed E-state index contributed by atoms with van der Waals surface area (Å²) < 4.78 is 11.3. The van der Waals surface area contributed by atoms with Gasteiger partial charge in [0.2, 0.25) is 0 Å². The molecule has 8 heteroatoms. The molecule has 0 aliphatic heterocycles. The first kappa shape index (κ1) is 18.8. The second-order valence-corrected chi connectivity index (χ2v) is 8.01. The van der Waals surface area contributed by atoms with Crippen molar-refractivity contribution in [3.05, 3.63) is 56.5 Å². The average Bonchev–Trinajstić information content (AvgIpc) is 3.28. The number of nitrogens with one attached hydrogen (secondary N) is 2. The van der Waals surface area contributed by atoms with Gasteiger partial charge in [-0.15, -0.1) is 0 Å². The summed E-state index contributed by atoms with van der Waals surface area (Å²) in [6.07, 6.45) is 0. The Morgan fingerprint density at radius 3 is 1.46 bits per heavy atom. The highest BCUT2D eigenvalue weighted by atomic mass is 79.9. The summed E-state index contributed by atoms with van der Waals surface area (Å²) in [6, 6.07) is 11.0. The number of fused-ring (bicyclic) bond motifs is 2. The molecule has 4 rings (SSSR count). The van der Waals surface area contributed by atoms with Crippen LogP contribution in [0.4, 0.5) is 0 Å². The molecule has 2 heterocycles. The minimum Gasteiger partial charge on any atom is -0.465 e. The van der Waals surface area contributed by atoms with Crippen molar-refractivity contribution in [3.8, 4) is 11.4 Å². The van der Waals surface area contributed by atoms with Gasteiger partial charge in [0, 0.05) is 30.8 Å². The molecule has 0 radical (unpaired) electrons. The Kier molecular flexibility index (Phi) is 4.76. The summed E-state index contributed by atoms with van der Waals surface area (Å²) in [5.74, 6) is -0.823. The van der Waals surface area contributed by atoms with Gasteiger partial charge in [-0.05, 0) is 36.4 Å². The number of methoxy groups -OCH3 is 2. The molecule has 0 amide bonds. The summed E-state index contributed by atoms with van der Waals surface area (Å²) in [5.41, 5.74) is 4.06. The van der Waals surface area contributed by atoms with E-state index in [1.54, 1.807) is 12.1 Å². The lowest BCUT2D eigenvalue weighted by Crippen LogP contribution is -2.01. The van der Waals surface area contributed by atoms with Crippen LogP contribution in [0.1, 0.15) is 20.7 Å². The fourth-order valence-electron chi connectivity index (χ4n) is 3.25. The highest BCUT2D eigenvalue weighted by Gasteiger charge is 2.18. The molecule has 2 aromatic carbocycles. The van der Waals surface area contributed by atoms with E-state index in [-0.39, 0.29) is 0 Å². The number of H-pyrrole nitrogens is 2. The Balaban J connectivity index is 1.92. The van der Waals surface area contributed by atoms with Crippen LogP contribution in [-0.2, 0) is 9.47 Å². The number of benzene rings is 2. The van der Waals surface area contributed by atoms with Crippen LogP contribution in [0.15, 0.2) is 45.3 Å². The molecule has 0 fully saturated rings. The molecule has 0 saturated carbocycles. The van der Waals surface area contributed by atoms with Crippen LogP contribution in [0.2, 0.25) is 0 Å². The maximum absolute atomic E-state index is 12.1. The molecule has 0 aliphatic carbocycles. The number of aromatic amines is 2. The molecular weight excluding hydrogens is 492 g/mol. The molecule has 142 valence electrons. The molecule has 6 nitrogen and oxygen atoms in total. The van der Waals surface area contributed by atoms with Gasteiger partial charge in [-0.3, -0.25) is 0 Å². The minimum absolute atomic E-state index is 0.412. The van der Waals surface area contributed by atoms with E-state index in [0.29, 0.717) is 11.1 Å². The zero-order valence-corrected chi connectivity index (χ0v) is 18.0. The molecular formula is C20H14Br2N2O4. The highest BCUT2D eigenvalue weighted by molar-refractivity contribution is 9.10. The van der Waals surface area contributed by atoms with E-state index in [9.17, 15) is 9.59 Å². The predicted molar refractivity (Wildman–Crippen MR) is 114 cm³/mol. The van der Waals surface area contributed by atoms with Gasteiger partial charge in [-0.25, -0.2) is 9.59 Å². The summed E-state index contributed by atoms with van der Waals surface area (Å²) in [7, 11) is 2.71. The third-order valence-corrected chi connectivity index (χ3v) is 5.42. The number of esters is 2. The summed E-state index contributed by atoms with van der Waals surface area (Å²) in [4.78, 5) is 30.9. The molecule has 0 bridgehead atoms. The SMILES string of the molecule is COC(=O)c1cc(Br)cc2[nH]c(-c3cc4c(C(=O)OC)cc(Br)cc4[nH]3)cc12. The first-order valence-electron chi connectivity index (χ1n) is 8.23. The highest BCUT2D eigenvalue weighted by Crippen LogP contribution is 2.33. The minimum atomic E-state index is -0.412. The molecule has 2 aromatic heterocycles. The number of hydrogen-bond acceptors (Lipinski definition) is 4. The number of hydrogen-bond donors (Lipinski definition) is 2. The molecule has 28 heavy (non-hydrogen) atoms. The summed E-state index contributed by atoms with van der Waals surface area (Å²) >= 11 is 6.85. The lowest BCUT2D eigenvalue weighted by Gasteiger charge is -2.01. The van der Waals surface area contributed by atoms with Crippen molar-refractivity contribution in [1.82, 2.24) is 9.97 Å². The van der Waals surface area contributed by atoms with Crippen molar-refractivity contribution in [3.63, 3.8) is 0 Å². The monoisotopic (exact) mass is 504 g/mol. The predicted octanol–water partition coefficient (Wildman–Crippen LogP) is 5.41. The number of ether oxygens (including phenoxy) is 2. The summed E-state index contributed by atoms with van der Waals surface area (Å²) in [6.45, 7) is 0. The van der Waals surface area contributed by atoms with E-state index in [0.717, 1.165) is 42.1 Å². The largest absolute Gasteiger partial charge is 0.465 e. The van der Waals surface area contributed by atoms with Gasteiger partial charge in [0.15, 0.2) is 0 Å². The average molecular weight is 506 g/mol. The van der Waals surface area contributed by atoms with Crippen molar-refractivity contribution < 1.29 is 19.1 Å². The lowest BCUT2D eigenvalue weighted by atomic mass is 10.1. The molecule has 0 spiro atoms. The van der Waals surface area contributed by atoms with Crippen LogP contribution < -0.4 is 0 Å². The first-order valence-corrected chi connectivity index (χ1v) is 9.81. The topological polar surface area (TPSA) is 84.2 Å². The number of halogens is 2. The number of carbonyl (C=O) groups is 2. The van der Waals surface area contributed by atoms with Gasteiger partial charge in [-0.2, -0.15) is 0 Å². The second-order valence-electron chi connectivity index (χ2n) is 6.18. The van der Waals surface area contributed by atoms with Crippen LogP contribution in [0.25, 0.3) is 33.2 Å². The van der Waals surface area contributed by atoms with E-state index in [4.69, 9.17) is 9.47 Å². The van der Waals surface area contributed by atoms with Crippen LogP contribution in [0.3, 0.4) is 0 Å². The lowest BCUT2D eigenvalue weighted by molar-refractivity contribution is 0.0594. The third kappa shape index (κ3) is 3.12. The van der Waals surface area contributed by atoms with E-state index >= 15 is 0 Å². The normalized spacial score (nSPS) is 11.1. The molecule has 0 aliphatic rings.